The van der Waals surface area contributed by atoms with E-state index in [0.717, 1.165) is 43.8 Å². The van der Waals surface area contributed by atoms with E-state index in [0.29, 0.717) is 57.5 Å². The average Bonchev–Trinajstić information content (AvgIpc) is 3.95. The molecule has 0 spiro atoms. The van der Waals surface area contributed by atoms with E-state index in [9.17, 15) is 0 Å². The Labute approximate surface area is 312 Å². The van der Waals surface area contributed by atoms with Gasteiger partial charge in [-0.25, -0.2) is 30.0 Å². The molecule has 12 nitrogen and oxygen atoms in total. The molecular formula is C42H24N10O2Si. The van der Waals surface area contributed by atoms with Gasteiger partial charge in [-0.2, -0.15) is 0 Å². The number of fused-ring (bicyclic) bond motifs is 14. The maximum Gasteiger partial charge on any atom is 0.738 e. The zero-order valence-electron chi connectivity index (χ0n) is 28.6. The van der Waals surface area contributed by atoms with Gasteiger partial charge in [0.05, 0.1) is 0 Å². The van der Waals surface area contributed by atoms with Crippen molar-refractivity contribution in [1.82, 2.24) is 18.4 Å². The van der Waals surface area contributed by atoms with Crippen LogP contribution in [0.5, 0.6) is 11.5 Å². The number of pyridine rings is 2. The summed E-state index contributed by atoms with van der Waals surface area (Å²) in [6.45, 7) is 0. The second-order valence-corrected chi connectivity index (χ2v) is 15.6. The molecular weight excluding hydrogens is 705 g/mol. The molecule has 8 heterocycles. The number of hydrogen-bond acceptors (Lipinski definition) is 10. The highest BCUT2D eigenvalue weighted by Crippen LogP contribution is 2.44. The second kappa shape index (κ2) is 11.2. The minimum Gasteiger partial charge on any atom is -0.480 e. The van der Waals surface area contributed by atoms with Crippen molar-refractivity contribution in [3.05, 3.63) is 179 Å². The van der Waals surface area contributed by atoms with Crippen LogP contribution < -0.4 is 19.8 Å². The minimum absolute atomic E-state index is 0.515. The van der Waals surface area contributed by atoms with E-state index in [1.165, 1.54) is 0 Å². The quantitative estimate of drug-likeness (QED) is 0.197. The third kappa shape index (κ3) is 4.26. The van der Waals surface area contributed by atoms with E-state index in [-0.39, 0.29) is 0 Å². The molecule has 4 aliphatic heterocycles. The monoisotopic (exact) mass is 728 g/mol. The zero-order valence-corrected chi connectivity index (χ0v) is 29.6. The smallest absolute Gasteiger partial charge is 0.480 e. The highest BCUT2D eigenvalue weighted by molar-refractivity contribution is 6.67. The van der Waals surface area contributed by atoms with Crippen LogP contribution in [0.25, 0.3) is 21.5 Å². The lowest BCUT2D eigenvalue weighted by Gasteiger charge is -2.33. The van der Waals surface area contributed by atoms with Crippen LogP contribution in [0.1, 0.15) is 22.3 Å². The lowest BCUT2D eigenvalue weighted by atomic mass is 10.1. The lowest BCUT2D eigenvalue weighted by molar-refractivity contribution is 0.345. The van der Waals surface area contributed by atoms with E-state index in [4.69, 9.17) is 38.8 Å². The van der Waals surface area contributed by atoms with Gasteiger partial charge in [0.25, 0.3) is 0 Å². The van der Waals surface area contributed by atoms with Gasteiger partial charge < -0.3 is 8.85 Å². The molecule has 4 aromatic heterocycles. The summed E-state index contributed by atoms with van der Waals surface area (Å²) in [4.78, 5) is 40.7. The minimum atomic E-state index is -4.43. The van der Waals surface area contributed by atoms with Crippen molar-refractivity contribution in [1.29, 1.82) is 0 Å². The molecule has 4 aromatic carbocycles. The number of hydrogen-bond donors (Lipinski definition) is 0. The molecule has 55 heavy (non-hydrogen) atoms. The molecule has 8 aromatic rings. The Balaban J connectivity index is 1.39. The average molecular weight is 729 g/mol. The first-order chi connectivity index (χ1) is 27.2. The third-order valence-corrected chi connectivity index (χ3v) is 13.1. The first-order valence-electron chi connectivity index (χ1n) is 17.7. The maximum absolute atomic E-state index is 7.52. The molecule has 0 amide bonds. The van der Waals surface area contributed by atoms with E-state index in [1.807, 2.05) is 130 Å². The molecule has 0 saturated heterocycles. The van der Waals surface area contributed by atoms with Gasteiger partial charge in [-0.3, -0.25) is 18.4 Å². The fourth-order valence-electron chi connectivity index (χ4n) is 7.76. The van der Waals surface area contributed by atoms with Gasteiger partial charge in [0.1, 0.15) is 34.1 Å². The predicted octanol–water partition coefficient (Wildman–Crippen LogP) is 6.32. The number of rotatable bonds is 4. The number of amidine groups is 4. The number of benzene rings is 4. The summed E-state index contributed by atoms with van der Waals surface area (Å²) < 4.78 is 19.1. The zero-order chi connectivity index (χ0) is 36.1. The standard InChI is InChI=1S/C42H24N10O2Si/c1-2-10-28-27(9-1)35-45-36(28)48-40-33-15-7-8-16-34(33)42-50-38-30-12-4-3-11-29(30)37(46-38)49-41-32-14-6-5-13-31(32)39(47-35)51(41)55(52(40)42,53-25-17-21-43-22-18-25)54-26-19-23-44-24-20-26/h1-24H. The van der Waals surface area contributed by atoms with E-state index < -0.39 is 8.88 Å². The molecule has 13 heteroatoms. The van der Waals surface area contributed by atoms with Crippen LogP contribution in [0, 0.1) is 0 Å². The Kier molecular flexibility index (Phi) is 6.07. The van der Waals surface area contributed by atoms with E-state index in [2.05, 4.69) is 9.97 Å². The summed E-state index contributed by atoms with van der Waals surface area (Å²) in [5, 5.41) is 3.31. The Hall–Kier alpha value is -7.64. The van der Waals surface area contributed by atoms with E-state index in [1.54, 1.807) is 24.8 Å². The van der Waals surface area contributed by atoms with Crippen LogP contribution in [-0.2, 0) is 0 Å². The molecule has 0 saturated carbocycles. The summed E-state index contributed by atoms with van der Waals surface area (Å²) in [6, 6.07) is 39.5. The highest BCUT2D eigenvalue weighted by atomic mass is 28.4. The molecule has 0 fully saturated rings. The summed E-state index contributed by atoms with van der Waals surface area (Å²) in [7, 11) is -4.43. The van der Waals surface area contributed by atoms with Crippen LogP contribution >= 0.6 is 0 Å². The normalized spacial score (nSPS) is 15.4. The largest absolute Gasteiger partial charge is 0.738 e. The van der Waals surface area contributed by atoms with Crippen molar-refractivity contribution in [2.75, 3.05) is 0 Å². The Morgan fingerprint density at radius 2 is 0.727 bits per heavy atom. The summed E-state index contributed by atoms with van der Waals surface area (Å²) in [5.74, 6) is 4.19. The van der Waals surface area contributed by atoms with Crippen molar-refractivity contribution >= 4 is 65.4 Å². The molecule has 4 aliphatic rings. The summed E-state index contributed by atoms with van der Waals surface area (Å²) >= 11 is 0. The maximum atomic E-state index is 7.52. The second-order valence-electron chi connectivity index (χ2n) is 13.2. The van der Waals surface area contributed by atoms with E-state index >= 15 is 0 Å². The van der Waals surface area contributed by atoms with Crippen molar-refractivity contribution in [3.63, 3.8) is 0 Å². The number of nitrogens with zero attached hydrogens (tertiary/aromatic N) is 10. The molecule has 0 aliphatic carbocycles. The van der Waals surface area contributed by atoms with Gasteiger partial charge in [0, 0.05) is 68.6 Å². The first-order valence-corrected chi connectivity index (χ1v) is 19.4. The SMILES string of the molecule is c1ccc2c(c1)C1=NC2=Nc2c3ccccc3c3n2[Si](Oc2ccncc2)(Oc2ccncc2)n2c(c4ccccc4c2=NC2=NC(=N3)c3ccccc32)=N1. The van der Waals surface area contributed by atoms with Crippen molar-refractivity contribution < 1.29 is 8.85 Å². The summed E-state index contributed by atoms with van der Waals surface area (Å²) in [5.41, 5.74) is 4.54. The first kappa shape index (κ1) is 29.9. The highest BCUT2D eigenvalue weighted by Gasteiger charge is 2.57. The topological polar surface area (TPSA) is 128 Å². The third-order valence-electron chi connectivity index (χ3n) is 10.1. The van der Waals surface area contributed by atoms with Gasteiger partial charge in [-0.15, -0.1) is 0 Å². The Morgan fingerprint density at radius 1 is 0.364 bits per heavy atom. The van der Waals surface area contributed by atoms with Crippen LogP contribution in [0.15, 0.2) is 176 Å². The number of aromatic nitrogens is 4. The Bertz CT molecular complexity index is 3010. The van der Waals surface area contributed by atoms with Gasteiger partial charge in [0.15, 0.2) is 23.3 Å². The van der Waals surface area contributed by atoms with Gasteiger partial charge in [-0.1, -0.05) is 97.1 Å². The van der Waals surface area contributed by atoms with Crippen molar-refractivity contribution in [2.24, 2.45) is 30.0 Å². The molecule has 6 bridgehead atoms. The molecule has 0 radical (unpaired) electrons. The van der Waals surface area contributed by atoms with Crippen molar-refractivity contribution in [3.8, 4) is 11.5 Å². The molecule has 12 rings (SSSR count). The fourth-order valence-corrected chi connectivity index (χ4v) is 11.0. The van der Waals surface area contributed by atoms with Gasteiger partial charge in [-0.05, 0) is 24.3 Å². The van der Waals surface area contributed by atoms with Crippen LogP contribution in [0.3, 0.4) is 0 Å². The van der Waals surface area contributed by atoms with Gasteiger partial charge in [0.2, 0.25) is 0 Å². The van der Waals surface area contributed by atoms with Crippen LogP contribution in [0.2, 0.25) is 0 Å². The summed E-state index contributed by atoms with van der Waals surface area (Å²) in [6.07, 6.45) is 6.78. The van der Waals surface area contributed by atoms with Crippen LogP contribution in [0.4, 0.5) is 11.6 Å². The number of aliphatic imine (C=N–C) groups is 4. The molecule has 0 N–H and O–H groups in total. The fraction of sp³-hybridized carbons (Fsp3) is 0. The van der Waals surface area contributed by atoms with Crippen LogP contribution in [-0.4, -0.2) is 50.7 Å². The predicted molar refractivity (Wildman–Crippen MR) is 211 cm³/mol. The molecule has 0 unspecified atom stereocenters. The molecule has 0 atom stereocenters. The van der Waals surface area contributed by atoms with Crippen molar-refractivity contribution in [2.45, 2.75) is 0 Å². The lowest BCUT2D eigenvalue weighted by Crippen LogP contribution is -2.68. The Morgan fingerprint density at radius 3 is 1.15 bits per heavy atom. The molecule has 258 valence electrons. The van der Waals surface area contributed by atoms with Gasteiger partial charge >= 0.3 is 8.88 Å².